The third kappa shape index (κ3) is 3.28. The summed E-state index contributed by atoms with van der Waals surface area (Å²) in [7, 11) is 1.66. The second-order valence-electron chi connectivity index (χ2n) is 8.61. The van der Waals surface area contributed by atoms with Crippen LogP contribution in [0.5, 0.6) is 5.75 Å². The maximum atomic E-state index is 5.60. The van der Waals surface area contributed by atoms with E-state index in [4.69, 9.17) is 9.26 Å². The Kier molecular flexibility index (Phi) is 4.75. The molecule has 0 atom stereocenters. The predicted octanol–water partition coefficient (Wildman–Crippen LogP) is 4.13. The first-order valence-electron chi connectivity index (χ1n) is 11.2. The fraction of sp³-hybridized carbons (Fsp3) is 0.240. The fourth-order valence-electron chi connectivity index (χ4n) is 4.29. The summed E-state index contributed by atoms with van der Waals surface area (Å²) in [5.41, 5.74) is 6.48. The van der Waals surface area contributed by atoms with Gasteiger partial charge in [0.15, 0.2) is 11.5 Å². The molecule has 0 saturated heterocycles. The van der Waals surface area contributed by atoms with Crippen LogP contribution < -0.4 is 4.74 Å². The molecule has 9 nitrogen and oxygen atoms in total. The van der Waals surface area contributed by atoms with Crippen LogP contribution in [-0.2, 0) is 12.8 Å². The Morgan fingerprint density at radius 1 is 1.06 bits per heavy atom. The van der Waals surface area contributed by atoms with Crippen molar-refractivity contribution in [2.24, 2.45) is 0 Å². The zero-order valence-electron chi connectivity index (χ0n) is 19.1. The van der Waals surface area contributed by atoms with Crippen LogP contribution in [0, 0.1) is 0 Å². The topological polar surface area (TPSA) is 96.7 Å². The first kappa shape index (κ1) is 20.3. The number of ether oxygens (including phenoxy) is 1. The standard InChI is InChI=1S/C25H23N7O2/c1-15(2)24-27-25(34-29-24)23-22-13-20-18(11-16-7-5-4-6-8-16)28-30-32(20)21-12-17(33-3)9-10-19(21)31(22)14-26-23/h4-10,12,14-15H,11,13H2,1-3H3. The molecule has 6 rings (SSSR count). The van der Waals surface area contributed by atoms with Gasteiger partial charge in [0.05, 0.1) is 35.6 Å². The van der Waals surface area contributed by atoms with Crippen LogP contribution in [0.4, 0.5) is 0 Å². The number of rotatable bonds is 5. The van der Waals surface area contributed by atoms with Gasteiger partial charge in [-0.1, -0.05) is 54.5 Å². The van der Waals surface area contributed by atoms with E-state index in [0.717, 1.165) is 34.2 Å². The molecule has 0 unspecified atom stereocenters. The molecular weight excluding hydrogens is 430 g/mol. The lowest BCUT2D eigenvalue weighted by atomic mass is 10.1. The lowest BCUT2D eigenvalue weighted by Crippen LogP contribution is -2.04. The van der Waals surface area contributed by atoms with Gasteiger partial charge in [0.2, 0.25) is 0 Å². The molecule has 1 aliphatic heterocycles. The van der Waals surface area contributed by atoms with Gasteiger partial charge in [0, 0.05) is 24.8 Å². The number of hydrogen-bond donors (Lipinski definition) is 0. The number of methoxy groups -OCH3 is 1. The summed E-state index contributed by atoms with van der Waals surface area (Å²) in [4.78, 5) is 9.28. The summed E-state index contributed by atoms with van der Waals surface area (Å²) >= 11 is 0. The molecule has 5 aromatic rings. The lowest BCUT2D eigenvalue weighted by Gasteiger charge is -2.11. The van der Waals surface area contributed by atoms with E-state index < -0.39 is 0 Å². The highest BCUT2D eigenvalue weighted by Crippen LogP contribution is 2.35. The van der Waals surface area contributed by atoms with Gasteiger partial charge < -0.3 is 9.26 Å². The number of nitrogens with zero attached hydrogens (tertiary/aromatic N) is 7. The summed E-state index contributed by atoms with van der Waals surface area (Å²) in [5.74, 6) is 1.98. The minimum atomic E-state index is 0.162. The molecule has 0 amide bonds. The molecule has 0 fully saturated rings. The van der Waals surface area contributed by atoms with E-state index in [9.17, 15) is 0 Å². The maximum absolute atomic E-state index is 5.60. The zero-order chi connectivity index (χ0) is 23.2. The molecule has 3 aromatic heterocycles. The Morgan fingerprint density at radius 3 is 2.68 bits per heavy atom. The number of benzene rings is 2. The largest absolute Gasteiger partial charge is 0.497 e. The number of imidazole rings is 1. The SMILES string of the molecule is COc1ccc2c(c1)-n1nnc(Cc3ccccc3)c1Cc1c(-c3nc(C(C)C)no3)ncn1-2. The van der Waals surface area contributed by atoms with E-state index in [2.05, 4.69) is 42.1 Å². The van der Waals surface area contributed by atoms with E-state index in [1.165, 1.54) is 5.56 Å². The van der Waals surface area contributed by atoms with Crippen LogP contribution in [0.15, 0.2) is 59.4 Å². The number of hydrogen-bond acceptors (Lipinski definition) is 7. The quantitative estimate of drug-likeness (QED) is 0.387. The average Bonchev–Trinajstić information content (AvgIpc) is 3.57. The minimum absolute atomic E-state index is 0.162. The molecule has 0 bridgehead atoms. The van der Waals surface area contributed by atoms with E-state index in [0.29, 0.717) is 30.3 Å². The van der Waals surface area contributed by atoms with Crippen LogP contribution in [-0.4, -0.2) is 41.8 Å². The zero-order valence-corrected chi connectivity index (χ0v) is 19.1. The predicted molar refractivity (Wildman–Crippen MR) is 124 cm³/mol. The van der Waals surface area contributed by atoms with Crippen LogP contribution >= 0.6 is 0 Å². The monoisotopic (exact) mass is 453 g/mol. The smallest absolute Gasteiger partial charge is 0.278 e. The van der Waals surface area contributed by atoms with Gasteiger partial charge in [-0.3, -0.25) is 4.57 Å². The second-order valence-corrected chi connectivity index (χ2v) is 8.61. The molecule has 170 valence electrons. The van der Waals surface area contributed by atoms with Crippen molar-refractivity contribution in [2.75, 3.05) is 7.11 Å². The maximum Gasteiger partial charge on any atom is 0.278 e. The third-order valence-electron chi connectivity index (χ3n) is 6.09. The highest BCUT2D eigenvalue weighted by molar-refractivity contribution is 5.63. The highest BCUT2D eigenvalue weighted by Gasteiger charge is 2.29. The van der Waals surface area contributed by atoms with Crippen molar-refractivity contribution in [1.82, 2.24) is 34.7 Å². The summed E-state index contributed by atoms with van der Waals surface area (Å²) < 4.78 is 15.1. The van der Waals surface area contributed by atoms with Gasteiger partial charge in [-0.05, 0) is 17.7 Å². The Labute approximate surface area is 196 Å². The lowest BCUT2D eigenvalue weighted by molar-refractivity contribution is 0.414. The molecule has 0 saturated carbocycles. The van der Waals surface area contributed by atoms with Crippen LogP contribution in [0.2, 0.25) is 0 Å². The first-order valence-corrected chi connectivity index (χ1v) is 11.2. The molecule has 0 N–H and O–H groups in total. The molecule has 1 aliphatic rings. The summed E-state index contributed by atoms with van der Waals surface area (Å²) in [5, 5.41) is 13.3. The molecule has 4 heterocycles. The van der Waals surface area contributed by atoms with E-state index in [-0.39, 0.29) is 5.92 Å². The van der Waals surface area contributed by atoms with Crippen molar-refractivity contribution in [3.8, 4) is 28.7 Å². The second kappa shape index (κ2) is 7.95. The molecule has 0 radical (unpaired) electrons. The Bertz CT molecular complexity index is 1480. The molecule has 9 heteroatoms. The van der Waals surface area contributed by atoms with Gasteiger partial charge in [-0.25, -0.2) is 9.67 Å². The van der Waals surface area contributed by atoms with Gasteiger partial charge in [0.1, 0.15) is 12.1 Å². The van der Waals surface area contributed by atoms with Gasteiger partial charge in [-0.15, -0.1) is 5.10 Å². The summed E-state index contributed by atoms with van der Waals surface area (Å²) in [6, 6.07) is 16.2. The van der Waals surface area contributed by atoms with Gasteiger partial charge in [0.25, 0.3) is 5.89 Å². The molecular formula is C25H23N7O2. The van der Waals surface area contributed by atoms with Crippen molar-refractivity contribution >= 4 is 0 Å². The first-order chi connectivity index (χ1) is 16.6. The van der Waals surface area contributed by atoms with Crippen molar-refractivity contribution in [1.29, 1.82) is 0 Å². The Balaban J connectivity index is 1.54. The van der Waals surface area contributed by atoms with E-state index in [1.54, 1.807) is 13.4 Å². The van der Waals surface area contributed by atoms with Crippen molar-refractivity contribution < 1.29 is 9.26 Å². The van der Waals surface area contributed by atoms with Crippen LogP contribution in [0.3, 0.4) is 0 Å². The molecule has 0 aliphatic carbocycles. The van der Waals surface area contributed by atoms with Crippen LogP contribution in [0.1, 0.15) is 48.2 Å². The van der Waals surface area contributed by atoms with E-state index >= 15 is 0 Å². The fourth-order valence-corrected chi connectivity index (χ4v) is 4.29. The van der Waals surface area contributed by atoms with Crippen molar-refractivity contribution in [3.63, 3.8) is 0 Å². The highest BCUT2D eigenvalue weighted by atomic mass is 16.5. The average molecular weight is 454 g/mol. The number of fused-ring (bicyclic) bond motifs is 5. The summed E-state index contributed by atoms with van der Waals surface area (Å²) in [6.45, 7) is 4.07. The van der Waals surface area contributed by atoms with Gasteiger partial charge >= 0.3 is 0 Å². The van der Waals surface area contributed by atoms with Crippen molar-refractivity contribution in [3.05, 3.63) is 83.3 Å². The molecule has 34 heavy (non-hydrogen) atoms. The van der Waals surface area contributed by atoms with Crippen molar-refractivity contribution in [2.45, 2.75) is 32.6 Å². The third-order valence-corrected chi connectivity index (χ3v) is 6.09. The van der Waals surface area contributed by atoms with E-state index in [1.807, 2.05) is 54.9 Å². The Morgan fingerprint density at radius 2 is 1.91 bits per heavy atom. The molecule has 2 aromatic carbocycles. The van der Waals surface area contributed by atoms with Gasteiger partial charge in [-0.2, -0.15) is 4.98 Å². The normalized spacial score (nSPS) is 12.2. The minimum Gasteiger partial charge on any atom is -0.497 e. The molecule has 0 spiro atoms. The van der Waals surface area contributed by atoms with Crippen LogP contribution in [0.25, 0.3) is 23.0 Å². The summed E-state index contributed by atoms with van der Waals surface area (Å²) in [6.07, 6.45) is 3.03. The Hall–Kier alpha value is -4.27. The number of aromatic nitrogens is 7.